The third kappa shape index (κ3) is 5.74. The first-order valence-electron chi connectivity index (χ1n) is 10.4. The summed E-state index contributed by atoms with van der Waals surface area (Å²) < 4.78 is 7.58. The van der Waals surface area contributed by atoms with Crippen molar-refractivity contribution in [2.45, 2.75) is 18.1 Å². The number of aromatic nitrogens is 3. The number of carbonyl (C=O) groups is 1. The molecular weight excluding hydrogens is 456 g/mol. The Bertz CT molecular complexity index is 1230. The maximum absolute atomic E-state index is 12.5. The number of rotatable bonds is 9. The van der Waals surface area contributed by atoms with Crippen LogP contribution in [0.2, 0.25) is 5.02 Å². The summed E-state index contributed by atoms with van der Waals surface area (Å²) in [6.45, 7) is 0.666. The van der Waals surface area contributed by atoms with E-state index >= 15 is 0 Å². The van der Waals surface area contributed by atoms with Gasteiger partial charge in [0, 0.05) is 6.54 Å². The van der Waals surface area contributed by atoms with Crippen LogP contribution in [0.3, 0.4) is 0 Å². The van der Waals surface area contributed by atoms with E-state index in [1.54, 1.807) is 19.2 Å². The van der Waals surface area contributed by atoms with Crippen LogP contribution in [0, 0.1) is 0 Å². The van der Waals surface area contributed by atoms with Gasteiger partial charge >= 0.3 is 0 Å². The molecule has 1 aromatic heterocycles. The third-order valence-corrected chi connectivity index (χ3v) is 6.31. The highest BCUT2D eigenvalue weighted by Crippen LogP contribution is 2.31. The van der Waals surface area contributed by atoms with Gasteiger partial charge in [-0.15, -0.1) is 10.2 Å². The normalized spacial score (nSPS) is 10.7. The zero-order valence-electron chi connectivity index (χ0n) is 18.1. The average molecular weight is 479 g/mol. The number of thioether (sulfide) groups is 1. The molecule has 1 N–H and O–H groups in total. The second-order valence-electron chi connectivity index (χ2n) is 7.21. The molecule has 4 aromatic rings. The minimum absolute atomic E-state index is 0.162. The Kier molecular flexibility index (Phi) is 7.65. The first-order valence-corrected chi connectivity index (χ1v) is 11.8. The van der Waals surface area contributed by atoms with Crippen LogP contribution < -0.4 is 10.1 Å². The van der Waals surface area contributed by atoms with Gasteiger partial charge in [0.15, 0.2) is 11.0 Å². The van der Waals surface area contributed by atoms with E-state index < -0.39 is 0 Å². The van der Waals surface area contributed by atoms with Crippen LogP contribution in [-0.2, 0) is 17.8 Å². The summed E-state index contributed by atoms with van der Waals surface area (Å²) in [7, 11) is 1.64. The first kappa shape index (κ1) is 22.9. The molecule has 1 heterocycles. The molecule has 0 bridgehead atoms. The minimum Gasteiger partial charge on any atom is -0.496 e. The topological polar surface area (TPSA) is 69.0 Å². The molecule has 3 aromatic carbocycles. The van der Waals surface area contributed by atoms with Crippen LogP contribution in [0.25, 0.3) is 11.4 Å². The molecule has 0 aliphatic heterocycles. The summed E-state index contributed by atoms with van der Waals surface area (Å²) in [4.78, 5) is 12.5. The van der Waals surface area contributed by atoms with Crippen LogP contribution in [-0.4, -0.2) is 33.5 Å². The molecule has 168 valence electrons. The van der Waals surface area contributed by atoms with Crippen molar-refractivity contribution in [1.82, 2.24) is 14.8 Å². The van der Waals surface area contributed by atoms with Crippen molar-refractivity contribution in [1.29, 1.82) is 0 Å². The third-order valence-electron chi connectivity index (χ3n) is 5.01. The lowest BCUT2D eigenvalue weighted by Crippen LogP contribution is -2.15. The van der Waals surface area contributed by atoms with Gasteiger partial charge in [-0.05, 0) is 36.2 Å². The fourth-order valence-electron chi connectivity index (χ4n) is 3.39. The number of benzene rings is 3. The molecule has 6 nitrogen and oxygen atoms in total. The molecule has 0 fully saturated rings. The Balaban J connectivity index is 1.55. The molecule has 33 heavy (non-hydrogen) atoms. The van der Waals surface area contributed by atoms with Gasteiger partial charge in [0.05, 0.1) is 29.1 Å². The lowest BCUT2D eigenvalue weighted by Gasteiger charge is -2.12. The summed E-state index contributed by atoms with van der Waals surface area (Å²) in [6.07, 6.45) is 0.806. The largest absolute Gasteiger partial charge is 0.496 e. The standard InChI is InChI=1S/C25H23ClN4O2S/c1-32-22-14-8-5-11-19(22)24-28-29-25(30(24)16-15-18-9-3-2-4-10-18)33-17-23(31)27-21-13-7-6-12-20(21)26/h2-14H,15-17H2,1H3,(H,27,31). The van der Waals surface area contributed by atoms with Gasteiger partial charge in [-0.1, -0.05) is 78.0 Å². The number of anilines is 1. The van der Waals surface area contributed by atoms with Gasteiger partial charge in [-0.25, -0.2) is 0 Å². The van der Waals surface area contributed by atoms with E-state index in [0.29, 0.717) is 28.2 Å². The van der Waals surface area contributed by atoms with Crippen LogP contribution in [0.5, 0.6) is 5.75 Å². The zero-order chi connectivity index (χ0) is 23.0. The summed E-state index contributed by atoms with van der Waals surface area (Å²) in [5.41, 5.74) is 2.66. The number of halogens is 1. The lowest BCUT2D eigenvalue weighted by molar-refractivity contribution is -0.113. The number of aryl methyl sites for hydroxylation is 1. The number of ether oxygens (including phenoxy) is 1. The molecule has 0 radical (unpaired) electrons. The highest BCUT2D eigenvalue weighted by atomic mass is 35.5. The molecule has 4 rings (SSSR count). The molecule has 0 aliphatic carbocycles. The van der Waals surface area contributed by atoms with Gasteiger partial charge in [0.1, 0.15) is 5.75 Å². The van der Waals surface area contributed by atoms with Crippen LogP contribution >= 0.6 is 23.4 Å². The summed E-state index contributed by atoms with van der Waals surface area (Å²) >= 11 is 7.49. The number of hydrogen-bond acceptors (Lipinski definition) is 5. The SMILES string of the molecule is COc1ccccc1-c1nnc(SCC(=O)Nc2ccccc2Cl)n1CCc1ccccc1. The quantitative estimate of drug-likeness (QED) is 0.318. The number of nitrogens with zero attached hydrogens (tertiary/aromatic N) is 3. The number of methoxy groups -OCH3 is 1. The van der Waals surface area contributed by atoms with Crippen LogP contribution in [0.15, 0.2) is 84.0 Å². The molecular formula is C25H23ClN4O2S. The molecule has 0 spiro atoms. The Hall–Kier alpha value is -3.29. The predicted octanol–water partition coefficient (Wildman–Crippen LogP) is 5.58. The Labute approximate surface area is 202 Å². The van der Waals surface area contributed by atoms with E-state index in [4.69, 9.17) is 16.3 Å². The molecule has 8 heteroatoms. The fourth-order valence-corrected chi connectivity index (χ4v) is 4.34. The second-order valence-corrected chi connectivity index (χ2v) is 8.56. The van der Waals surface area contributed by atoms with Crippen molar-refractivity contribution in [3.63, 3.8) is 0 Å². The molecule has 0 saturated heterocycles. The van der Waals surface area contributed by atoms with Gasteiger partial charge in [-0.3, -0.25) is 4.79 Å². The molecule has 0 unspecified atom stereocenters. The predicted molar refractivity (Wildman–Crippen MR) is 133 cm³/mol. The summed E-state index contributed by atoms with van der Waals surface area (Å²) in [5.74, 6) is 1.45. The molecule has 0 aliphatic rings. The average Bonchev–Trinajstić information content (AvgIpc) is 3.26. The zero-order valence-corrected chi connectivity index (χ0v) is 19.6. The maximum Gasteiger partial charge on any atom is 0.234 e. The van der Waals surface area contributed by atoms with E-state index in [2.05, 4.69) is 27.6 Å². The Morgan fingerprint density at radius 1 is 1.00 bits per heavy atom. The van der Waals surface area contributed by atoms with Gasteiger partial charge in [-0.2, -0.15) is 0 Å². The van der Waals surface area contributed by atoms with Crippen molar-refractivity contribution in [3.05, 3.63) is 89.4 Å². The number of hydrogen-bond donors (Lipinski definition) is 1. The van der Waals surface area contributed by atoms with Crippen molar-refractivity contribution >= 4 is 35.0 Å². The molecule has 1 amide bonds. The van der Waals surface area contributed by atoms with Crippen LogP contribution in [0.1, 0.15) is 5.56 Å². The number of para-hydroxylation sites is 2. The maximum atomic E-state index is 12.5. The van der Waals surface area contributed by atoms with E-state index in [-0.39, 0.29) is 11.7 Å². The highest BCUT2D eigenvalue weighted by Gasteiger charge is 2.18. The van der Waals surface area contributed by atoms with Crippen LogP contribution in [0.4, 0.5) is 5.69 Å². The van der Waals surface area contributed by atoms with E-state index in [1.165, 1.54) is 17.3 Å². The van der Waals surface area contributed by atoms with Crippen molar-refractivity contribution in [2.75, 3.05) is 18.2 Å². The Morgan fingerprint density at radius 2 is 1.73 bits per heavy atom. The van der Waals surface area contributed by atoms with Gasteiger partial charge in [0.2, 0.25) is 5.91 Å². The minimum atomic E-state index is -0.162. The van der Waals surface area contributed by atoms with Crippen molar-refractivity contribution in [3.8, 4) is 17.1 Å². The first-order chi connectivity index (χ1) is 16.2. The van der Waals surface area contributed by atoms with Crippen molar-refractivity contribution in [2.24, 2.45) is 0 Å². The monoisotopic (exact) mass is 478 g/mol. The van der Waals surface area contributed by atoms with Crippen molar-refractivity contribution < 1.29 is 9.53 Å². The highest BCUT2D eigenvalue weighted by molar-refractivity contribution is 7.99. The number of nitrogens with one attached hydrogen (secondary N) is 1. The smallest absolute Gasteiger partial charge is 0.234 e. The summed E-state index contributed by atoms with van der Waals surface area (Å²) in [6, 6.07) is 25.1. The summed E-state index contributed by atoms with van der Waals surface area (Å²) in [5, 5.41) is 12.8. The number of amides is 1. The van der Waals surface area contributed by atoms with E-state index in [1.807, 2.05) is 59.2 Å². The van der Waals surface area contributed by atoms with E-state index in [0.717, 1.165) is 17.7 Å². The molecule has 0 saturated carbocycles. The Morgan fingerprint density at radius 3 is 2.52 bits per heavy atom. The second kappa shape index (κ2) is 11.0. The number of carbonyl (C=O) groups excluding carboxylic acids is 1. The fraction of sp³-hybridized carbons (Fsp3) is 0.160. The molecule has 0 atom stereocenters. The van der Waals surface area contributed by atoms with Gasteiger partial charge < -0.3 is 14.6 Å². The van der Waals surface area contributed by atoms with E-state index in [9.17, 15) is 4.79 Å². The van der Waals surface area contributed by atoms with Gasteiger partial charge in [0.25, 0.3) is 0 Å². The lowest BCUT2D eigenvalue weighted by atomic mass is 10.1.